The highest BCUT2D eigenvalue weighted by Crippen LogP contribution is 2.33. The van der Waals surface area contributed by atoms with Crippen molar-refractivity contribution in [3.63, 3.8) is 0 Å². The van der Waals surface area contributed by atoms with Crippen molar-refractivity contribution in [2.24, 2.45) is 5.92 Å². The zero-order valence-electron chi connectivity index (χ0n) is 10.5. The van der Waals surface area contributed by atoms with Gasteiger partial charge in [0.25, 0.3) is 0 Å². The number of benzene rings is 1. The lowest BCUT2D eigenvalue weighted by Gasteiger charge is -2.29. The summed E-state index contributed by atoms with van der Waals surface area (Å²) < 4.78 is 5.72. The predicted octanol–water partition coefficient (Wildman–Crippen LogP) is 3.29. The van der Waals surface area contributed by atoms with Gasteiger partial charge < -0.3 is 10.1 Å². The van der Waals surface area contributed by atoms with Crippen LogP contribution in [0.1, 0.15) is 44.2 Å². The van der Waals surface area contributed by atoms with Crippen LogP contribution in [-0.4, -0.2) is 12.6 Å². The van der Waals surface area contributed by atoms with Gasteiger partial charge in [0, 0.05) is 11.6 Å². The third-order valence-corrected chi connectivity index (χ3v) is 4.07. The molecule has 3 atom stereocenters. The molecule has 1 aliphatic heterocycles. The minimum absolute atomic E-state index is 0.404. The number of hydrogen-bond donors (Lipinski definition) is 1. The van der Waals surface area contributed by atoms with Crippen LogP contribution >= 0.6 is 0 Å². The molecule has 1 heterocycles. The van der Waals surface area contributed by atoms with Crippen LogP contribution in [0.3, 0.4) is 0 Å². The molecule has 0 saturated heterocycles. The number of para-hydroxylation sites is 1. The summed E-state index contributed by atoms with van der Waals surface area (Å²) in [7, 11) is 0. The molecular formula is C15H21NO. The highest BCUT2D eigenvalue weighted by atomic mass is 16.5. The summed E-state index contributed by atoms with van der Waals surface area (Å²) in [6.07, 6.45) is 5.41. The second-order valence-electron chi connectivity index (χ2n) is 5.54. The predicted molar refractivity (Wildman–Crippen MR) is 69.2 cm³/mol. The standard InChI is InChI=1S/C15H21NO/c1-11-5-4-6-12(9-11)16-14-10-17-15-8-3-2-7-13(14)15/h2-3,7-8,11-12,14,16H,4-6,9-10H2,1H3. The van der Waals surface area contributed by atoms with Gasteiger partial charge >= 0.3 is 0 Å². The monoisotopic (exact) mass is 231 g/mol. The average molecular weight is 231 g/mol. The number of rotatable bonds is 2. The second-order valence-corrected chi connectivity index (χ2v) is 5.54. The minimum Gasteiger partial charge on any atom is -0.491 e. The van der Waals surface area contributed by atoms with Crippen LogP contribution < -0.4 is 10.1 Å². The number of nitrogens with one attached hydrogen (secondary N) is 1. The molecule has 0 bridgehead atoms. The van der Waals surface area contributed by atoms with Gasteiger partial charge in [-0.25, -0.2) is 0 Å². The van der Waals surface area contributed by atoms with Gasteiger partial charge in [0.15, 0.2) is 0 Å². The highest BCUT2D eigenvalue weighted by molar-refractivity contribution is 5.39. The minimum atomic E-state index is 0.404. The fraction of sp³-hybridized carbons (Fsp3) is 0.600. The Morgan fingerprint density at radius 3 is 3.00 bits per heavy atom. The van der Waals surface area contributed by atoms with E-state index in [4.69, 9.17) is 4.74 Å². The molecule has 1 aliphatic carbocycles. The van der Waals surface area contributed by atoms with Crippen molar-refractivity contribution >= 4 is 0 Å². The van der Waals surface area contributed by atoms with E-state index < -0.39 is 0 Å². The van der Waals surface area contributed by atoms with Gasteiger partial charge in [0.05, 0.1) is 6.04 Å². The summed E-state index contributed by atoms with van der Waals surface area (Å²) in [4.78, 5) is 0. The molecule has 2 heteroatoms. The molecule has 0 aromatic heterocycles. The first-order chi connectivity index (χ1) is 8.33. The Labute approximate surface area is 103 Å². The summed E-state index contributed by atoms with van der Waals surface area (Å²) in [6, 6.07) is 9.49. The largest absolute Gasteiger partial charge is 0.491 e. The van der Waals surface area contributed by atoms with Gasteiger partial charge in [-0.2, -0.15) is 0 Å². The second kappa shape index (κ2) is 4.69. The van der Waals surface area contributed by atoms with E-state index >= 15 is 0 Å². The smallest absolute Gasteiger partial charge is 0.124 e. The molecule has 17 heavy (non-hydrogen) atoms. The lowest BCUT2D eigenvalue weighted by atomic mass is 9.86. The number of hydrogen-bond acceptors (Lipinski definition) is 2. The fourth-order valence-corrected chi connectivity index (χ4v) is 3.17. The molecule has 2 aliphatic rings. The summed E-state index contributed by atoms with van der Waals surface area (Å²) in [5.41, 5.74) is 1.34. The van der Waals surface area contributed by atoms with E-state index in [2.05, 4.69) is 30.4 Å². The van der Waals surface area contributed by atoms with Gasteiger partial charge in [0.2, 0.25) is 0 Å². The average Bonchev–Trinajstić information content (AvgIpc) is 2.73. The SMILES string of the molecule is CC1CCCC(NC2COc3ccccc32)C1. The van der Waals surface area contributed by atoms with E-state index in [1.54, 1.807) is 0 Å². The van der Waals surface area contributed by atoms with Crippen molar-refractivity contribution in [2.45, 2.75) is 44.7 Å². The number of fused-ring (bicyclic) bond motifs is 1. The third kappa shape index (κ3) is 2.32. The van der Waals surface area contributed by atoms with E-state index in [-0.39, 0.29) is 0 Å². The van der Waals surface area contributed by atoms with Crippen molar-refractivity contribution in [3.05, 3.63) is 29.8 Å². The van der Waals surface area contributed by atoms with Crippen LogP contribution in [0.15, 0.2) is 24.3 Å². The van der Waals surface area contributed by atoms with E-state index in [0.717, 1.165) is 18.3 Å². The number of ether oxygens (including phenoxy) is 1. The fourth-order valence-electron chi connectivity index (χ4n) is 3.17. The summed E-state index contributed by atoms with van der Waals surface area (Å²) in [6.45, 7) is 3.16. The lowest BCUT2D eigenvalue weighted by Crippen LogP contribution is -2.37. The van der Waals surface area contributed by atoms with E-state index in [0.29, 0.717) is 12.1 Å². The maximum absolute atomic E-state index is 5.72. The Bertz CT molecular complexity index is 390. The first-order valence-electron chi connectivity index (χ1n) is 6.80. The van der Waals surface area contributed by atoms with Gasteiger partial charge in [-0.15, -0.1) is 0 Å². The van der Waals surface area contributed by atoms with E-state index in [1.165, 1.54) is 31.2 Å². The Balaban J connectivity index is 1.67. The van der Waals surface area contributed by atoms with Crippen molar-refractivity contribution in [2.75, 3.05) is 6.61 Å². The van der Waals surface area contributed by atoms with Crippen LogP contribution in [0.4, 0.5) is 0 Å². The van der Waals surface area contributed by atoms with Crippen molar-refractivity contribution in [1.82, 2.24) is 5.32 Å². The Kier molecular flexibility index (Phi) is 3.06. The summed E-state index contributed by atoms with van der Waals surface area (Å²) >= 11 is 0. The first kappa shape index (κ1) is 11.1. The van der Waals surface area contributed by atoms with Gasteiger partial charge in [-0.3, -0.25) is 0 Å². The molecule has 1 saturated carbocycles. The van der Waals surface area contributed by atoms with Gasteiger partial charge in [-0.05, 0) is 24.8 Å². The van der Waals surface area contributed by atoms with Crippen molar-refractivity contribution in [3.8, 4) is 5.75 Å². The summed E-state index contributed by atoms with van der Waals surface area (Å²) in [5.74, 6) is 1.94. The topological polar surface area (TPSA) is 21.3 Å². The molecule has 0 radical (unpaired) electrons. The van der Waals surface area contributed by atoms with Gasteiger partial charge in [0.1, 0.15) is 12.4 Å². The van der Waals surface area contributed by atoms with Crippen molar-refractivity contribution < 1.29 is 4.74 Å². The van der Waals surface area contributed by atoms with Gasteiger partial charge in [-0.1, -0.05) is 38.0 Å². The molecular weight excluding hydrogens is 210 g/mol. The Morgan fingerprint density at radius 1 is 1.24 bits per heavy atom. The third-order valence-electron chi connectivity index (χ3n) is 4.07. The molecule has 3 rings (SSSR count). The van der Waals surface area contributed by atoms with E-state index in [1.807, 2.05) is 6.07 Å². The maximum Gasteiger partial charge on any atom is 0.124 e. The molecule has 3 unspecified atom stereocenters. The van der Waals surface area contributed by atoms with Crippen molar-refractivity contribution in [1.29, 1.82) is 0 Å². The quantitative estimate of drug-likeness (QED) is 0.843. The van der Waals surface area contributed by atoms with Crippen LogP contribution in [-0.2, 0) is 0 Å². The Hall–Kier alpha value is -1.02. The molecule has 0 spiro atoms. The maximum atomic E-state index is 5.72. The lowest BCUT2D eigenvalue weighted by molar-refractivity contribution is 0.250. The molecule has 92 valence electrons. The molecule has 1 fully saturated rings. The van der Waals surface area contributed by atoms with E-state index in [9.17, 15) is 0 Å². The molecule has 0 amide bonds. The van der Waals surface area contributed by atoms with Crippen LogP contribution in [0.25, 0.3) is 0 Å². The zero-order valence-corrected chi connectivity index (χ0v) is 10.5. The van der Waals surface area contributed by atoms with Crippen LogP contribution in [0, 0.1) is 5.92 Å². The summed E-state index contributed by atoms with van der Waals surface area (Å²) in [5, 5.41) is 3.78. The zero-order chi connectivity index (χ0) is 11.7. The highest BCUT2D eigenvalue weighted by Gasteiger charge is 2.27. The molecule has 1 aromatic rings. The Morgan fingerprint density at radius 2 is 2.12 bits per heavy atom. The van der Waals surface area contributed by atoms with Crippen LogP contribution in [0.2, 0.25) is 0 Å². The molecule has 1 N–H and O–H groups in total. The normalized spacial score (nSPS) is 31.9. The first-order valence-corrected chi connectivity index (χ1v) is 6.80. The molecule has 2 nitrogen and oxygen atoms in total. The molecule has 1 aromatic carbocycles. The van der Waals surface area contributed by atoms with Crippen LogP contribution in [0.5, 0.6) is 5.75 Å².